The minimum atomic E-state index is -0.205. The van der Waals surface area contributed by atoms with Gasteiger partial charge in [0.2, 0.25) is 0 Å². The van der Waals surface area contributed by atoms with Crippen molar-refractivity contribution in [2.45, 2.75) is 52.6 Å². The smallest absolute Gasteiger partial charge is 0.271 e. The van der Waals surface area contributed by atoms with Crippen LogP contribution in [0.4, 0.5) is 0 Å². The predicted molar refractivity (Wildman–Crippen MR) is 105 cm³/mol. The molecular weight excluding hydrogens is 338 g/mol. The normalized spacial score (nSPS) is 28.3. The molecule has 142 valence electrons. The summed E-state index contributed by atoms with van der Waals surface area (Å²) in [6.07, 6.45) is 3.42. The number of amides is 1. The van der Waals surface area contributed by atoms with Crippen molar-refractivity contribution in [2.24, 2.45) is 16.7 Å². The average molecular weight is 365 g/mol. The number of fused-ring (bicyclic) bond motifs is 2. The molecular formula is C22H27N3O2. The standard InChI is InChI=1S/C22H27N3O2/c1-21(2)16-11-12-22(21,3)18(13-16)23-20(27)17-9-10-19(26)25(24-17)14-15-7-5-4-6-8-15/h4-10,16,18H,11-14H2,1-3H3,(H,23,27). The Kier molecular flexibility index (Phi) is 4.21. The minimum Gasteiger partial charge on any atom is -0.347 e. The molecule has 2 aliphatic rings. The number of nitrogens with zero attached hydrogens (tertiary/aromatic N) is 2. The molecule has 0 saturated heterocycles. The molecule has 1 heterocycles. The first-order chi connectivity index (χ1) is 12.8. The Hall–Kier alpha value is -2.43. The third-order valence-corrected chi connectivity index (χ3v) is 7.37. The van der Waals surface area contributed by atoms with Crippen LogP contribution >= 0.6 is 0 Å². The monoisotopic (exact) mass is 365 g/mol. The number of carbonyl (C=O) groups is 1. The number of rotatable bonds is 4. The highest BCUT2D eigenvalue weighted by Gasteiger charge is 2.61. The van der Waals surface area contributed by atoms with Crippen LogP contribution in [0.5, 0.6) is 0 Å². The van der Waals surface area contributed by atoms with Crippen LogP contribution in [-0.2, 0) is 6.54 Å². The Morgan fingerprint density at radius 3 is 2.56 bits per heavy atom. The highest BCUT2D eigenvalue weighted by Crippen LogP contribution is 2.65. The topological polar surface area (TPSA) is 64.0 Å². The van der Waals surface area contributed by atoms with E-state index in [0.29, 0.717) is 18.2 Å². The molecule has 2 bridgehead atoms. The van der Waals surface area contributed by atoms with Crippen molar-refractivity contribution in [2.75, 3.05) is 0 Å². The summed E-state index contributed by atoms with van der Waals surface area (Å²) in [6, 6.07) is 12.8. The molecule has 5 heteroatoms. The quantitative estimate of drug-likeness (QED) is 0.905. The van der Waals surface area contributed by atoms with Crippen LogP contribution in [0.25, 0.3) is 0 Å². The van der Waals surface area contributed by atoms with Crippen LogP contribution in [0.15, 0.2) is 47.3 Å². The fraction of sp³-hybridized carbons (Fsp3) is 0.500. The summed E-state index contributed by atoms with van der Waals surface area (Å²) in [5.74, 6) is 0.471. The SMILES string of the molecule is CC1(C)C2CCC1(C)C(NC(=O)c1ccc(=O)n(Cc3ccccc3)n1)C2. The van der Waals surface area contributed by atoms with E-state index in [-0.39, 0.29) is 28.3 Å². The molecule has 4 rings (SSSR count). The lowest BCUT2D eigenvalue weighted by Gasteiger charge is -2.39. The number of hydrogen-bond donors (Lipinski definition) is 1. The molecule has 3 atom stereocenters. The maximum atomic E-state index is 12.9. The zero-order valence-electron chi connectivity index (χ0n) is 16.2. The third-order valence-electron chi connectivity index (χ3n) is 7.37. The Bertz CT molecular complexity index is 919. The average Bonchev–Trinajstić information content (AvgIpc) is 2.98. The molecule has 27 heavy (non-hydrogen) atoms. The van der Waals surface area contributed by atoms with Gasteiger partial charge in [-0.3, -0.25) is 9.59 Å². The molecule has 1 amide bonds. The van der Waals surface area contributed by atoms with Crippen molar-refractivity contribution in [3.63, 3.8) is 0 Å². The molecule has 0 radical (unpaired) electrons. The van der Waals surface area contributed by atoms with E-state index >= 15 is 0 Å². The van der Waals surface area contributed by atoms with E-state index in [1.807, 2.05) is 30.3 Å². The lowest BCUT2D eigenvalue weighted by molar-refractivity contribution is 0.0819. The highest BCUT2D eigenvalue weighted by molar-refractivity contribution is 5.92. The van der Waals surface area contributed by atoms with Crippen LogP contribution in [0.2, 0.25) is 0 Å². The minimum absolute atomic E-state index is 0.117. The predicted octanol–water partition coefficient (Wildman–Crippen LogP) is 3.24. The number of carbonyl (C=O) groups excluding carboxylic acids is 1. The van der Waals surface area contributed by atoms with Gasteiger partial charge in [-0.25, -0.2) is 4.68 Å². The van der Waals surface area contributed by atoms with Gasteiger partial charge in [-0.1, -0.05) is 51.1 Å². The van der Waals surface area contributed by atoms with E-state index in [2.05, 4.69) is 31.2 Å². The van der Waals surface area contributed by atoms with Gasteiger partial charge in [-0.2, -0.15) is 5.10 Å². The summed E-state index contributed by atoms with van der Waals surface area (Å²) in [5, 5.41) is 7.54. The summed E-state index contributed by atoms with van der Waals surface area (Å²) in [5.41, 5.74) is 1.43. The van der Waals surface area contributed by atoms with Gasteiger partial charge < -0.3 is 5.32 Å². The van der Waals surface area contributed by atoms with Crippen molar-refractivity contribution in [3.05, 3.63) is 64.1 Å². The maximum absolute atomic E-state index is 12.9. The lowest BCUT2D eigenvalue weighted by Crippen LogP contribution is -2.47. The van der Waals surface area contributed by atoms with E-state index in [4.69, 9.17) is 0 Å². The van der Waals surface area contributed by atoms with Crippen LogP contribution < -0.4 is 10.9 Å². The Labute approximate surface area is 159 Å². The highest BCUT2D eigenvalue weighted by atomic mass is 16.2. The Balaban J connectivity index is 1.53. The van der Waals surface area contributed by atoms with Crippen molar-refractivity contribution in [1.29, 1.82) is 0 Å². The van der Waals surface area contributed by atoms with Gasteiger partial charge >= 0.3 is 0 Å². The molecule has 1 aromatic heterocycles. The fourth-order valence-electron chi connectivity index (χ4n) is 5.09. The largest absolute Gasteiger partial charge is 0.347 e. The number of nitrogens with one attached hydrogen (secondary N) is 1. The molecule has 1 N–H and O–H groups in total. The Morgan fingerprint density at radius 1 is 1.19 bits per heavy atom. The summed E-state index contributed by atoms with van der Waals surface area (Å²) in [7, 11) is 0. The van der Waals surface area contributed by atoms with Crippen LogP contribution in [0.1, 0.15) is 56.1 Å². The molecule has 2 aromatic rings. The summed E-state index contributed by atoms with van der Waals surface area (Å²) in [6.45, 7) is 7.32. The lowest BCUT2D eigenvalue weighted by atomic mass is 9.69. The summed E-state index contributed by atoms with van der Waals surface area (Å²) >= 11 is 0. The van der Waals surface area contributed by atoms with Gasteiger partial charge in [0.05, 0.1) is 6.54 Å². The van der Waals surface area contributed by atoms with Gasteiger partial charge in [-0.15, -0.1) is 0 Å². The molecule has 5 nitrogen and oxygen atoms in total. The van der Waals surface area contributed by atoms with Crippen molar-refractivity contribution < 1.29 is 4.79 Å². The number of aromatic nitrogens is 2. The second-order valence-electron chi connectivity index (χ2n) is 8.84. The van der Waals surface area contributed by atoms with Crippen LogP contribution in [-0.4, -0.2) is 21.7 Å². The molecule has 0 aliphatic heterocycles. The first kappa shape index (κ1) is 18.0. The molecule has 2 fully saturated rings. The third kappa shape index (κ3) is 2.89. The zero-order valence-corrected chi connectivity index (χ0v) is 16.2. The molecule has 3 unspecified atom stereocenters. The van der Waals surface area contributed by atoms with Crippen molar-refractivity contribution in [1.82, 2.24) is 15.1 Å². The molecule has 2 aliphatic carbocycles. The molecule has 2 saturated carbocycles. The second kappa shape index (κ2) is 6.32. The Morgan fingerprint density at radius 2 is 1.93 bits per heavy atom. The van der Waals surface area contributed by atoms with E-state index in [0.717, 1.165) is 18.4 Å². The number of benzene rings is 1. The fourth-order valence-corrected chi connectivity index (χ4v) is 5.09. The zero-order chi connectivity index (χ0) is 19.2. The van der Waals surface area contributed by atoms with Crippen molar-refractivity contribution in [3.8, 4) is 0 Å². The summed E-state index contributed by atoms with van der Waals surface area (Å²) in [4.78, 5) is 25.0. The van der Waals surface area contributed by atoms with Crippen LogP contribution in [0.3, 0.4) is 0 Å². The first-order valence-electron chi connectivity index (χ1n) is 9.74. The number of hydrogen-bond acceptors (Lipinski definition) is 3. The first-order valence-corrected chi connectivity index (χ1v) is 9.74. The van der Waals surface area contributed by atoms with Gasteiger partial charge in [0, 0.05) is 12.1 Å². The van der Waals surface area contributed by atoms with Gasteiger partial charge in [0.25, 0.3) is 11.5 Å². The van der Waals surface area contributed by atoms with E-state index in [1.165, 1.54) is 23.2 Å². The molecule has 0 spiro atoms. The van der Waals surface area contributed by atoms with E-state index in [9.17, 15) is 9.59 Å². The van der Waals surface area contributed by atoms with E-state index in [1.54, 1.807) is 0 Å². The van der Waals surface area contributed by atoms with E-state index < -0.39 is 0 Å². The van der Waals surface area contributed by atoms with Gasteiger partial charge in [0.1, 0.15) is 5.69 Å². The maximum Gasteiger partial charge on any atom is 0.271 e. The summed E-state index contributed by atoms with van der Waals surface area (Å²) < 4.78 is 1.36. The second-order valence-corrected chi connectivity index (χ2v) is 8.84. The van der Waals surface area contributed by atoms with Gasteiger partial charge in [-0.05, 0) is 47.6 Å². The van der Waals surface area contributed by atoms with Gasteiger partial charge in [0.15, 0.2) is 0 Å². The van der Waals surface area contributed by atoms with Crippen LogP contribution in [0, 0.1) is 16.7 Å². The molecule has 1 aromatic carbocycles. The van der Waals surface area contributed by atoms with Crippen molar-refractivity contribution >= 4 is 5.91 Å².